The minimum absolute atomic E-state index is 0. The lowest BCUT2D eigenvalue weighted by atomic mass is 9.96. The van der Waals surface area contributed by atoms with E-state index < -0.39 is 6.04 Å². The molecule has 1 aromatic carbocycles. The Balaban J connectivity index is 0.00000242. The van der Waals surface area contributed by atoms with Crippen LogP contribution >= 0.6 is 12.4 Å². The average Bonchev–Trinajstić information content (AvgIpc) is 2.53. The average molecular weight is 326 g/mol. The van der Waals surface area contributed by atoms with Crippen molar-refractivity contribution in [2.75, 3.05) is 19.6 Å². The zero-order chi connectivity index (χ0) is 15.2. The molecule has 0 aromatic heterocycles. The van der Waals surface area contributed by atoms with E-state index in [0.717, 1.165) is 31.5 Å². The topological polar surface area (TPSA) is 75.4 Å². The summed E-state index contributed by atoms with van der Waals surface area (Å²) in [6, 6.07) is 8.89. The maximum atomic E-state index is 12.3. The Morgan fingerprint density at radius 2 is 1.86 bits per heavy atom. The minimum Gasteiger partial charge on any atom is -0.354 e. The fourth-order valence-electron chi connectivity index (χ4n) is 2.51. The number of likely N-dealkylation sites (tertiary alicyclic amines) is 1. The highest BCUT2D eigenvalue weighted by Gasteiger charge is 2.23. The molecule has 0 bridgehead atoms. The van der Waals surface area contributed by atoms with Gasteiger partial charge in [0.15, 0.2) is 0 Å². The van der Waals surface area contributed by atoms with Crippen LogP contribution in [0.2, 0.25) is 0 Å². The zero-order valence-corrected chi connectivity index (χ0v) is 13.6. The number of halogens is 1. The Hall–Kier alpha value is -1.59. The Kier molecular flexibility index (Phi) is 7.35. The molecule has 22 heavy (non-hydrogen) atoms. The lowest BCUT2D eigenvalue weighted by Crippen LogP contribution is -2.44. The smallest absolute Gasteiger partial charge is 0.253 e. The van der Waals surface area contributed by atoms with Crippen molar-refractivity contribution >= 4 is 24.2 Å². The van der Waals surface area contributed by atoms with E-state index in [4.69, 9.17) is 5.73 Å². The lowest BCUT2D eigenvalue weighted by Gasteiger charge is -2.32. The summed E-state index contributed by atoms with van der Waals surface area (Å²) in [7, 11) is 0. The van der Waals surface area contributed by atoms with Gasteiger partial charge < -0.3 is 16.0 Å². The number of nitrogens with zero attached hydrogens (tertiary/aromatic N) is 1. The van der Waals surface area contributed by atoms with Crippen LogP contribution in [0.4, 0.5) is 0 Å². The normalized spacial score (nSPS) is 16.5. The van der Waals surface area contributed by atoms with Crippen molar-refractivity contribution in [2.45, 2.75) is 25.8 Å². The third kappa shape index (κ3) is 5.00. The van der Waals surface area contributed by atoms with E-state index in [2.05, 4.69) is 5.32 Å². The highest BCUT2D eigenvalue weighted by atomic mass is 35.5. The van der Waals surface area contributed by atoms with Crippen LogP contribution in [0.15, 0.2) is 30.3 Å². The summed E-state index contributed by atoms with van der Waals surface area (Å²) >= 11 is 0. The van der Waals surface area contributed by atoms with Gasteiger partial charge in [-0.05, 0) is 37.8 Å². The molecule has 1 atom stereocenters. The Morgan fingerprint density at radius 3 is 2.41 bits per heavy atom. The predicted molar refractivity (Wildman–Crippen MR) is 89.0 cm³/mol. The molecule has 1 saturated heterocycles. The third-order valence-corrected chi connectivity index (χ3v) is 3.90. The standard InChI is InChI=1S/C16H23N3O2.ClH/c1-12(17)15(20)18-11-13-7-9-19(10-8-13)16(21)14-5-3-2-4-6-14;/h2-6,12-13H,7-11,17H2,1H3,(H,18,20);1H/t12-;/m1./s1. The molecular formula is C16H24ClN3O2. The number of benzene rings is 1. The van der Waals surface area contributed by atoms with Crippen LogP contribution in [0, 0.1) is 5.92 Å². The molecule has 0 radical (unpaired) electrons. The molecule has 1 aliphatic rings. The van der Waals surface area contributed by atoms with Gasteiger partial charge in [0.2, 0.25) is 5.91 Å². The quantitative estimate of drug-likeness (QED) is 0.879. The Morgan fingerprint density at radius 1 is 1.27 bits per heavy atom. The Labute approximate surface area is 137 Å². The number of carbonyl (C=O) groups excluding carboxylic acids is 2. The van der Waals surface area contributed by atoms with Gasteiger partial charge in [-0.1, -0.05) is 18.2 Å². The van der Waals surface area contributed by atoms with Crippen LogP contribution in [-0.4, -0.2) is 42.4 Å². The fraction of sp³-hybridized carbons (Fsp3) is 0.500. The minimum atomic E-state index is -0.468. The number of nitrogens with one attached hydrogen (secondary N) is 1. The summed E-state index contributed by atoms with van der Waals surface area (Å²) in [5.41, 5.74) is 6.25. The van der Waals surface area contributed by atoms with E-state index in [0.29, 0.717) is 12.5 Å². The number of carbonyl (C=O) groups is 2. The molecule has 122 valence electrons. The van der Waals surface area contributed by atoms with Gasteiger partial charge in [-0.15, -0.1) is 12.4 Å². The van der Waals surface area contributed by atoms with Crippen molar-refractivity contribution in [3.8, 4) is 0 Å². The lowest BCUT2D eigenvalue weighted by molar-refractivity contribution is -0.122. The molecule has 1 heterocycles. The number of hydrogen-bond donors (Lipinski definition) is 2. The molecule has 1 fully saturated rings. The second-order valence-electron chi connectivity index (χ2n) is 5.64. The van der Waals surface area contributed by atoms with Crippen molar-refractivity contribution in [3.05, 3.63) is 35.9 Å². The van der Waals surface area contributed by atoms with E-state index in [1.54, 1.807) is 6.92 Å². The maximum Gasteiger partial charge on any atom is 0.253 e. The highest BCUT2D eigenvalue weighted by Crippen LogP contribution is 2.18. The SMILES string of the molecule is C[C@@H](N)C(=O)NCC1CCN(C(=O)c2ccccc2)CC1.Cl. The van der Waals surface area contributed by atoms with E-state index >= 15 is 0 Å². The number of piperidine rings is 1. The van der Waals surface area contributed by atoms with Gasteiger partial charge in [0.25, 0.3) is 5.91 Å². The first-order valence-corrected chi connectivity index (χ1v) is 7.45. The van der Waals surface area contributed by atoms with Gasteiger partial charge in [-0.25, -0.2) is 0 Å². The van der Waals surface area contributed by atoms with Gasteiger partial charge in [0.05, 0.1) is 6.04 Å². The van der Waals surface area contributed by atoms with Crippen molar-refractivity contribution in [3.63, 3.8) is 0 Å². The summed E-state index contributed by atoms with van der Waals surface area (Å²) < 4.78 is 0. The monoisotopic (exact) mass is 325 g/mol. The van der Waals surface area contributed by atoms with Gasteiger partial charge in [-0.2, -0.15) is 0 Å². The molecule has 1 aliphatic heterocycles. The summed E-state index contributed by atoms with van der Waals surface area (Å²) in [6.07, 6.45) is 1.83. The first-order chi connectivity index (χ1) is 10.1. The summed E-state index contributed by atoms with van der Waals surface area (Å²) in [4.78, 5) is 25.6. The van der Waals surface area contributed by atoms with Crippen molar-refractivity contribution in [1.82, 2.24) is 10.2 Å². The molecule has 0 unspecified atom stereocenters. The van der Waals surface area contributed by atoms with Gasteiger partial charge in [-0.3, -0.25) is 9.59 Å². The number of nitrogens with two attached hydrogens (primary N) is 1. The van der Waals surface area contributed by atoms with Gasteiger partial charge in [0.1, 0.15) is 0 Å². The number of hydrogen-bond acceptors (Lipinski definition) is 3. The van der Waals surface area contributed by atoms with Crippen molar-refractivity contribution in [1.29, 1.82) is 0 Å². The summed E-state index contributed by atoms with van der Waals surface area (Å²) in [6.45, 7) is 3.81. The molecule has 0 aliphatic carbocycles. The van der Waals surface area contributed by atoms with Gasteiger partial charge in [0, 0.05) is 25.2 Å². The summed E-state index contributed by atoms with van der Waals surface area (Å²) in [5.74, 6) is 0.402. The van der Waals surface area contributed by atoms with Gasteiger partial charge >= 0.3 is 0 Å². The third-order valence-electron chi connectivity index (χ3n) is 3.90. The molecule has 3 N–H and O–H groups in total. The first kappa shape index (κ1) is 18.5. The number of amides is 2. The molecule has 0 spiro atoms. The number of rotatable bonds is 4. The predicted octanol–water partition coefficient (Wildman–Crippen LogP) is 1.42. The molecule has 2 rings (SSSR count). The summed E-state index contributed by atoms with van der Waals surface area (Å²) in [5, 5.41) is 2.86. The molecular weight excluding hydrogens is 302 g/mol. The van der Waals surface area contributed by atoms with Crippen molar-refractivity contribution < 1.29 is 9.59 Å². The zero-order valence-electron chi connectivity index (χ0n) is 12.8. The van der Waals surface area contributed by atoms with Crippen LogP contribution < -0.4 is 11.1 Å². The molecule has 6 heteroatoms. The van der Waals surface area contributed by atoms with E-state index in [1.807, 2.05) is 35.2 Å². The van der Waals surface area contributed by atoms with Crippen LogP contribution in [0.3, 0.4) is 0 Å². The fourth-order valence-corrected chi connectivity index (χ4v) is 2.51. The first-order valence-electron chi connectivity index (χ1n) is 7.45. The van der Waals surface area contributed by atoms with E-state index in [-0.39, 0.29) is 24.2 Å². The van der Waals surface area contributed by atoms with Crippen molar-refractivity contribution in [2.24, 2.45) is 11.7 Å². The second-order valence-corrected chi connectivity index (χ2v) is 5.64. The molecule has 5 nitrogen and oxygen atoms in total. The molecule has 2 amide bonds. The second kappa shape index (κ2) is 8.76. The maximum absolute atomic E-state index is 12.3. The van der Waals surface area contributed by atoms with Crippen LogP contribution in [0.1, 0.15) is 30.1 Å². The molecule has 0 saturated carbocycles. The van der Waals surface area contributed by atoms with Crippen LogP contribution in [-0.2, 0) is 4.79 Å². The largest absolute Gasteiger partial charge is 0.354 e. The molecule has 1 aromatic rings. The Bertz CT molecular complexity index is 485. The van der Waals surface area contributed by atoms with E-state index in [9.17, 15) is 9.59 Å². The highest BCUT2D eigenvalue weighted by molar-refractivity contribution is 5.94. The van der Waals surface area contributed by atoms with E-state index in [1.165, 1.54) is 0 Å². The van der Waals surface area contributed by atoms with Crippen LogP contribution in [0.25, 0.3) is 0 Å². The van der Waals surface area contributed by atoms with Crippen LogP contribution in [0.5, 0.6) is 0 Å².